The first kappa shape index (κ1) is 23.9. The summed E-state index contributed by atoms with van der Waals surface area (Å²) in [5.74, 6) is 0.463. The van der Waals surface area contributed by atoms with Gasteiger partial charge in [0, 0.05) is 44.4 Å². The quantitative estimate of drug-likeness (QED) is 0.686. The van der Waals surface area contributed by atoms with Crippen molar-refractivity contribution in [3.63, 3.8) is 0 Å². The lowest BCUT2D eigenvalue weighted by molar-refractivity contribution is -0.125. The van der Waals surface area contributed by atoms with Gasteiger partial charge in [0.15, 0.2) is 0 Å². The standard InChI is InChI=1S/C24H24N4O3.C2H6/c1-16(29)26-21-6-3-18(4-7-21)19-10-12-28(13-11-19)23(31)9-2-17-14-20-5-8-22(30)27-24(20)25-15-17;1-2/h2-4,6-7,9-10,14-15H,5,8,11-13H2,1H3,(H,26,29)(H,25,27,30);1-2H3/b9-2+;. The van der Waals surface area contributed by atoms with E-state index in [0.717, 1.165) is 28.8 Å². The molecule has 2 aliphatic rings. The number of benzene rings is 1. The summed E-state index contributed by atoms with van der Waals surface area (Å²) < 4.78 is 0. The van der Waals surface area contributed by atoms with E-state index in [0.29, 0.717) is 31.7 Å². The predicted molar refractivity (Wildman–Crippen MR) is 131 cm³/mol. The summed E-state index contributed by atoms with van der Waals surface area (Å²) in [6, 6.07) is 9.70. The van der Waals surface area contributed by atoms with Gasteiger partial charge in [-0.05, 0) is 59.4 Å². The zero-order chi connectivity index (χ0) is 23.8. The number of carbonyl (C=O) groups excluding carboxylic acids is 3. The second-order valence-corrected chi connectivity index (χ2v) is 7.68. The molecule has 0 saturated heterocycles. The van der Waals surface area contributed by atoms with Gasteiger partial charge in [0.1, 0.15) is 5.82 Å². The molecule has 1 aromatic carbocycles. The fourth-order valence-electron chi connectivity index (χ4n) is 3.74. The van der Waals surface area contributed by atoms with Crippen LogP contribution in [-0.4, -0.2) is 40.7 Å². The second kappa shape index (κ2) is 11.2. The van der Waals surface area contributed by atoms with Crippen molar-refractivity contribution in [2.45, 2.75) is 40.0 Å². The van der Waals surface area contributed by atoms with Crippen molar-refractivity contribution < 1.29 is 14.4 Å². The molecule has 172 valence electrons. The third kappa shape index (κ3) is 6.38. The van der Waals surface area contributed by atoms with E-state index in [9.17, 15) is 14.4 Å². The molecule has 0 spiro atoms. The van der Waals surface area contributed by atoms with Gasteiger partial charge in [-0.3, -0.25) is 14.4 Å². The molecule has 0 radical (unpaired) electrons. The van der Waals surface area contributed by atoms with E-state index in [4.69, 9.17) is 0 Å². The molecular formula is C26H30N4O3. The topological polar surface area (TPSA) is 91.4 Å². The lowest BCUT2D eigenvalue weighted by Crippen LogP contribution is -2.33. The van der Waals surface area contributed by atoms with Gasteiger partial charge in [0.25, 0.3) is 0 Å². The monoisotopic (exact) mass is 446 g/mol. The summed E-state index contributed by atoms with van der Waals surface area (Å²) in [5.41, 5.74) is 4.90. The Morgan fingerprint density at radius 3 is 2.55 bits per heavy atom. The van der Waals surface area contributed by atoms with Crippen LogP contribution >= 0.6 is 0 Å². The van der Waals surface area contributed by atoms with E-state index in [1.165, 1.54) is 12.5 Å². The van der Waals surface area contributed by atoms with Crippen molar-refractivity contribution in [2.75, 3.05) is 23.7 Å². The van der Waals surface area contributed by atoms with Gasteiger partial charge in [-0.2, -0.15) is 0 Å². The molecule has 1 aromatic heterocycles. The van der Waals surface area contributed by atoms with Gasteiger partial charge in [-0.25, -0.2) is 4.98 Å². The molecule has 4 rings (SSSR count). The van der Waals surface area contributed by atoms with Crippen LogP contribution in [0.2, 0.25) is 0 Å². The zero-order valence-electron chi connectivity index (χ0n) is 19.4. The maximum atomic E-state index is 12.6. The summed E-state index contributed by atoms with van der Waals surface area (Å²) in [5, 5.41) is 5.52. The van der Waals surface area contributed by atoms with Gasteiger partial charge in [-0.1, -0.05) is 32.1 Å². The fourth-order valence-corrected chi connectivity index (χ4v) is 3.74. The van der Waals surface area contributed by atoms with E-state index in [1.54, 1.807) is 23.2 Å². The number of fused-ring (bicyclic) bond motifs is 1. The van der Waals surface area contributed by atoms with E-state index in [-0.39, 0.29) is 17.7 Å². The highest BCUT2D eigenvalue weighted by molar-refractivity contribution is 5.94. The molecule has 0 bridgehead atoms. The van der Waals surface area contributed by atoms with Crippen molar-refractivity contribution in [3.8, 4) is 0 Å². The van der Waals surface area contributed by atoms with Crippen LogP contribution in [0.25, 0.3) is 11.6 Å². The van der Waals surface area contributed by atoms with Crippen LogP contribution in [0, 0.1) is 0 Å². The van der Waals surface area contributed by atoms with E-state index >= 15 is 0 Å². The zero-order valence-corrected chi connectivity index (χ0v) is 19.4. The van der Waals surface area contributed by atoms with Crippen molar-refractivity contribution in [1.82, 2.24) is 9.88 Å². The normalized spacial score (nSPS) is 15.1. The molecule has 0 saturated carbocycles. The van der Waals surface area contributed by atoms with Crippen LogP contribution in [0.4, 0.5) is 11.5 Å². The Kier molecular flexibility index (Phi) is 8.13. The molecule has 0 fully saturated rings. The molecule has 2 aromatic rings. The van der Waals surface area contributed by atoms with Gasteiger partial charge < -0.3 is 15.5 Å². The Balaban J connectivity index is 0.00000149. The predicted octanol–water partition coefficient (Wildman–Crippen LogP) is 4.28. The lowest BCUT2D eigenvalue weighted by Gasteiger charge is -2.25. The third-order valence-electron chi connectivity index (χ3n) is 5.38. The van der Waals surface area contributed by atoms with E-state index < -0.39 is 0 Å². The third-order valence-corrected chi connectivity index (χ3v) is 5.38. The first-order valence-corrected chi connectivity index (χ1v) is 11.3. The van der Waals surface area contributed by atoms with Gasteiger partial charge in [0.05, 0.1) is 0 Å². The van der Waals surface area contributed by atoms with Crippen LogP contribution in [0.15, 0.2) is 48.7 Å². The summed E-state index contributed by atoms with van der Waals surface area (Å²) >= 11 is 0. The van der Waals surface area contributed by atoms with Crippen LogP contribution in [0.1, 0.15) is 50.3 Å². The summed E-state index contributed by atoms with van der Waals surface area (Å²) in [7, 11) is 0. The minimum atomic E-state index is -0.0928. The van der Waals surface area contributed by atoms with Crippen LogP contribution in [0.3, 0.4) is 0 Å². The smallest absolute Gasteiger partial charge is 0.246 e. The molecule has 0 atom stereocenters. The molecule has 3 amide bonds. The largest absolute Gasteiger partial charge is 0.335 e. The molecule has 0 unspecified atom stereocenters. The Hall–Kier alpha value is -3.74. The number of anilines is 2. The van der Waals surface area contributed by atoms with Crippen LogP contribution in [-0.2, 0) is 20.8 Å². The molecule has 7 heteroatoms. The van der Waals surface area contributed by atoms with Crippen LogP contribution < -0.4 is 10.6 Å². The highest BCUT2D eigenvalue weighted by Gasteiger charge is 2.17. The number of hydrogen-bond donors (Lipinski definition) is 2. The van der Waals surface area contributed by atoms with Crippen molar-refractivity contribution in [3.05, 3.63) is 65.4 Å². The van der Waals surface area contributed by atoms with E-state index in [1.807, 2.05) is 44.2 Å². The Morgan fingerprint density at radius 1 is 1.12 bits per heavy atom. The number of aryl methyl sites for hydroxylation is 1. The molecule has 3 heterocycles. The highest BCUT2D eigenvalue weighted by atomic mass is 16.2. The Labute approximate surface area is 194 Å². The number of aromatic nitrogens is 1. The molecule has 2 aliphatic heterocycles. The number of pyridine rings is 1. The Morgan fingerprint density at radius 2 is 1.88 bits per heavy atom. The van der Waals surface area contributed by atoms with Crippen LogP contribution in [0.5, 0.6) is 0 Å². The van der Waals surface area contributed by atoms with Gasteiger partial charge in [0.2, 0.25) is 17.7 Å². The summed E-state index contributed by atoms with van der Waals surface area (Å²) in [6.07, 6.45) is 8.98. The second-order valence-electron chi connectivity index (χ2n) is 7.68. The molecule has 33 heavy (non-hydrogen) atoms. The SMILES string of the molecule is CC.CC(=O)Nc1ccc(C2=CCN(C(=O)/C=C/c3cnc4c(c3)CCC(=O)N4)CC2)cc1. The lowest BCUT2D eigenvalue weighted by atomic mass is 9.99. The van der Waals surface area contributed by atoms with Crippen molar-refractivity contribution in [1.29, 1.82) is 0 Å². The number of rotatable bonds is 4. The number of hydrogen-bond acceptors (Lipinski definition) is 4. The average molecular weight is 447 g/mol. The molecule has 2 N–H and O–H groups in total. The minimum Gasteiger partial charge on any atom is -0.335 e. The maximum absolute atomic E-state index is 12.6. The Bertz CT molecular complexity index is 1090. The number of carbonyl (C=O) groups is 3. The number of nitrogens with one attached hydrogen (secondary N) is 2. The van der Waals surface area contributed by atoms with Gasteiger partial charge >= 0.3 is 0 Å². The average Bonchev–Trinajstić information content (AvgIpc) is 2.84. The highest BCUT2D eigenvalue weighted by Crippen LogP contribution is 2.24. The summed E-state index contributed by atoms with van der Waals surface area (Å²) in [6.45, 7) is 6.69. The van der Waals surface area contributed by atoms with Crippen molar-refractivity contribution >= 4 is 40.9 Å². The molecule has 7 nitrogen and oxygen atoms in total. The van der Waals surface area contributed by atoms with E-state index in [2.05, 4.69) is 21.7 Å². The number of nitrogens with zero attached hydrogens (tertiary/aromatic N) is 2. The first-order valence-electron chi connectivity index (χ1n) is 11.3. The minimum absolute atomic E-state index is 0.0142. The first-order chi connectivity index (χ1) is 16.0. The molecule has 0 aliphatic carbocycles. The van der Waals surface area contributed by atoms with Crippen molar-refractivity contribution in [2.24, 2.45) is 0 Å². The fraction of sp³-hybridized carbons (Fsp3) is 0.308. The number of amides is 3. The van der Waals surface area contributed by atoms with Gasteiger partial charge in [-0.15, -0.1) is 0 Å². The summed E-state index contributed by atoms with van der Waals surface area (Å²) in [4.78, 5) is 41.2. The molecular weight excluding hydrogens is 416 g/mol. The maximum Gasteiger partial charge on any atom is 0.246 e.